The fraction of sp³-hybridized carbons (Fsp3) is 0.176. The van der Waals surface area contributed by atoms with E-state index in [4.69, 9.17) is 0 Å². The Hall–Kier alpha value is -1.89. The van der Waals surface area contributed by atoms with E-state index in [-0.39, 0.29) is 0 Å². The average Bonchev–Trinajstić information content (AvgIpc) is 2.63. The van der Waals surface area contributed by atoms with Crippen LogP contribution >= 0.6 is 0 Å². The van der Waals surface area contributed by atoms with Gasteiger partial charge in [0.2, 0.25) is 0 Å². The molecule has 0 unspecified atom stereocenters. The summed E-state index contributed by atoms with van der Waals surface area (Å²) in [4.78, 5) is 0. The van der Waals surface area contributed by atoms with Crippen LogP contribution in [0.25, 0.3) is 5.57 Å². The Morgan fingerprint density at radius 3 is 2.39 bits per heavy atom. The molecule has 0 aromatic heterocycles. The topological polar surface area (TPSA) is 0 Å². The standard InChI is InChI=1S/C17H15F/c1-13-16-10-6-5-9-15(16)12-17(13,18)11-14-7-3-2-4-8-14/h2-10H,1,11-12H2/t17-/m1/s1. The quantitative estimate of drug-likeness (QED) is 0.735. The minimum atomic E-state index is -1.33. The lowest BCUT2D eigenvalue weighted by atomic mass is 9.90. The number of hydrogen-bond acceptors (Lipinski definition) is 0. The summed E-state index contributed by atoms with van der Waals surface area (Å²) in [6, 6.07) is 17.6. The first-order chi connectivity index (χ1) is 8.69. The normalized spacial score (nSPS) is 21.9. The second kappa shape index (κ2) is 4.09. The molecule has 90 valence electrons. The van der Waals surface area contributed by atoms with E-state index in [0.717, 1.165) is 16.7 Å². The van der Waals surface area contributed by atoms with E-state index in [1.54, 1.807) is 0 Å². The van der Waals surface area contributed by atoms with Gasteiger partial charge in [-0.15, -0.1) is 0 Å². The first kappa shape index (κ1) is 11.2. The number of allylic oxidation sites excluding steroid dienone is 1. The van der Waals surface area contributed by atoms with Crippen molar-refractivity contribution in [3.05, 3.63) is 77.9 Å². The van der Waals surface area contributed by atoms with E-state index in [1.165, 1.54) is 0 Å². The van der Waals surface area contributed by atoms with Crippen molar-refractivity contribution >= 4 is 5.57 Å². The van der Waals surface area contributed by atoms with Gasteiger partial charge < -0.3 is 0 Å². The molecule has 0 bridgehead atoms. The zero-order chi connectivity index (χ0) is 12.6. The number of fused-ring (bicyclic) bond motifs is 1. The molecule has 2 aromatic rings. The Bertz CT molecular complexity index is 586. The third-order valence-electron chi connectivity index (χ3n) is 3.68. The van der Waals surface area contributed by atoms with Crippen LogP contribution in [-0.2, 0) is 12.8 Å². The minimum Gasteiger partial charge on any atom is -0.238 e. The Morgan fingerprint density at radius 2 is 1.67 bits per heavy atom. The maximum atomic E-state index is 15.1. The van der Waals surface area contributed by atoms with E-state index in [1.807, 2.05) is 54.6 Å². The van der Waals surface area contributed by atoms with E-state index in [9.17, 15) is 0 Å². The van der Waals surface area contributed by atoms with Gasteiger partial charge in [-0.05, 0) is 22.3 Å². The van der Waals surface area contributed by atoms with Crippen molar-refractivity contribution < 1.29 is 4.39 Å². The van der Waals surface area contributed by atoms with Gasteiger partial charge in [0, 0.05) is 12.8 Å². The highest BCUT2D eigenvalue weighted by molar-refractivity contribution is 5.78. The highest BCUT2D eigenvalue weighted by Crippen LogP contribution is 2.43. The van der Waals surface area contributed by atoms with Crippen LogP contribution in [-0.4, -0.2) is 5.67 Å². The number of halogens is 1. The zero-order valence-corrected chi connectivity index (χ0v) is 10.2. The monoisotopic (exact) mass is 238 g/mol. The third kappa shape index (κ3) is 1.76. The molecule has 0 saturated heterocycles. The summed E-state index contributed by atoms with van der Waals surface area (Å²) < 4.78 is 15.1. The maximum absolute atomic E-state index is 15.1. The lowest BCUT2D eigenvalue weighted by Gasteiger charge is -2.21. The predicted molar refractivity (Wildman–Crippen MR) is 73.2 cm³/mol. The number of alkyl halides is 1. The molecular weight excluding hydrogens is 223 g/mol. The second-order valence-corrected chi connectivity index (χ2v) is 4.94. The van der Waals surface area contributed by atoms with Crippen molar-refractivity contribution in [2.45, 2.75) is 18.5 Å². The smallest absolute Gasteiger partial charge is 0.144 e. The van der Waals surface area contributed by atoms with Crippen LogP contribution in [0.4, 0.5) is 4.39 Å². The van der Waals surface area contributed by atoms with Crippen molar-refractivity contribution in [3.8, 4) is 0 Å². The molecule has 0 N–H and O–H groups in total. The summed E-state index contributed by atoms with van der Waals surface area (Å²) in [5.41, 5.74) is 2.37. The fourth-order valence-electron chi connectivity index (χ4n) is 2.71. The lowest BCUT2D eigenvalue weighted by Crippen LogP contribution is -2.25. The van der Waals surface area contributed by atoms with Crippen molar-refractivity contribution in [2.75, 3.05) is 0 Å². The zero-order valence-electron chi connectivity index (χ0n) is 10.2. The summed E-state index contributed by atoms with van der Waals surface area (Å²) in [5, 5.41) is 0. The summed E-state index contributed by atoms with van der Waals surface area (Å²) in [6.07, 6.45) is 0.845. The van der Waals surface area contributed by atoms with Crippen LogP contribution in [0.3, 0.4) is 0 Å². The first-order valence-corrected chi connectivity index (χ1v) is 6.19. The van der Waals surface area contributed by atoms with Crippen LogP contribution in [0.2, 0.25) is 0 Å². The predicted octanol–water partition coefficient (Wildman–Crippen LogP) is 4.21. The summed E-state index contributed by atoms with van der Waals surface area (Å²) in [7, 11) is 0. The Morgan fingerprint density at radius 1 is 1.00 bits per heavy atom. The molecule has 3 rings (SSSR count). The highest BCUT2D eigenvalue weighted by Gasteiger charge is 2.40. The second-order valence-electron chi connectivity index (χ2n) is 4.94. The molecule has 0 radical (unpaired) electrons. The van der Waals surface area contributed by atoms with E-state index in [0.29, 0.717) is 18.4 Å². The number of benzene rings is 2. The van der Waals surface area contributed by atoms with E-state index in [2.05, 4.69) is 6.58 Å². The maximum Gasteiger partial charge on any atom is 0.144 e. The summed E-state index contributed by atoms with van der Waals surface area (Å²) in [6.45, 7) is 3.97. The molecular formula is C17H15F. The fourth-order valence-corrected chi connectivity index (χ4v) is 2.71. The third-order valence-corrected chi connectivity index (χ3v) is 3.68. The largest absolute Gasteiger partial charge is 0.238 e. The SMILES string of the molecule is C=C1c2ccccc2C[C@]1(F)Cc1ccccc1. The van der Waals surface area contributed by atoms with Crippen molar-refractivity contribution in [3.63, 3.8) is 0 Å². The van der Waals surface area contributed by atoms with Gasteiger partial charge in [0.1, 0.15) is 5.67 Å². The van der Waals surface area contributed by atoms with E-state index < -0.39 is 5.67 Å². The molecule has 2 aromatic carbocycles. The van der Waals surface area contributed by atoms with Gasteiger partial charge in [0.05, 0.1) is 0 Å². The Kier molecular flexibility index (Phi) is 2.55. The lowest BCUT2D eigenvalue weighted by molar-refractivity contribution is 0.251. The van der Waals surface area contributed by atoms with Gasteiger partial charge in [0.25, 0.3) is 0 Å². The molecule has 0 heterocycles. The molecule has 1 atom stereocenters. The molecule has 1 aliphatic carbocycles. The molecule has 1 heteroatoms. The van der Waals surface area contributed by atoms with Gasteiger partial charge in [-0.3, -0.25) is 0 Å². The van der Waals surface area contributed by atoms with Crippen LogP contribution < -0.4 is 0 Å². The number of rotatable bonds is 2. The van der Waals surface area contributed by atoms with Crippen molar-refractivity contribution in [1.82, 2.24) is 0 Å². The van der Waals surface area contributed by atoms with Gasteiger partial charge in [0.15, 0.2) is 0 Å². The molecule has 1 aliphatic rings. The van der Waals surface area contributed by atoms with Crippen LogP contribution in [0.5, 0.6) is 0 Å². The van der Waals surface area contributed by atoms with Gasteiger partial charge >= 0.3 is 0 Å². The molecule has 0 aliphatic heterocycles. The molecule has 0 nitrogen and oxygen atoms in total. The van der Waals surface area contributed by atoms with Crippen molar-refractivity contribution in [2.24, 2.45) is 0 Å². The Balaban J connectivity index is 1.93. The molecule has 0 amide bonds. The van der Waals surface area contributed by atoms with E-state index >= 15 is 4.39 Å². The molecule has 0 saturated carbocycles. The Labute approximate surface area is 107 Å². The molecule has 18 heavy (non-hydrogen) atoms. The van der Waals surface area contributed by atoms with Crippen LogP contribution in [0.1, 0.15) is 16.7 Å². The molecule has 0 spiro atoms. The average molecular weight is 238 g/mol. The van der Waals surface area contributed by atoms with Gasteiger partial charge in [-0.25, -0.2) is 4.39 Å². The van der Waals surface area contributed by atoms with Gasteiger partial charge in [-0.1, -0.05) is 61.2 Å². The first-order valence-electron chi connectivity index (χ1n) is 6.19. The minimum absolute atomic E-state index is 0.404. The van der Waals surface area contributed by atoms with Crippen molar-refractivity contribution in [1.29, 1.82) is 0 Å². The summed E-state index contributed by atoms with van der Waals surface area (Å²) in [5.74, 6) is 0. The molecule has 0 fully saturated rings. The van der Waals surface area contributed by atoms with Crippen LogP contribution in [0, 0.1) is 0 Å². The van der Waals surface area contributed by atoms with Crippen LogP contribution in [0.15, 0.2) is 61.2 Å². The number of hydrogen-bond donors (Lipinski definition) is 0. The summed E-state index contributed by atoms with van der Waals surface area (Å²) >= 11 is 0. The van der Waals surface area contributed by atoms with Gasteiger partial charge in [-0.2, -0.15) is 0 Å². The highest BCUT2D eigenvalue weighted by atomic mass is 19.1.